The van der Waals surface area contributed by atoms with Crippen LogP contribution in [-0.2, 0) is 13.2 Å². The first kappa shape index (κ1) is 14.2. The van der Waals surface area contributed by atoms with Crippen LogP contribution in [0.4, 0.5) is 5.69 Å². The molecule has 0 aliphatic carbocycles. The van der Waals surface area contributed by atoms with Crippen LogP contribution in [0.2, 0.25) is 0 Å². The molecule has 0 heterocycles. The fourth-order valence-corrected chi connectivity index (χ4v) is 1.90. The summed E-state index contributed by atoms with van der Waals surface area (Å²) in [4.78, 5) is 0. The van der Waals surface area contributed by atoms with Gasteiger partial charge in [-0.1, -0.05) is 12.1 Å². The fourth-order valence-electron chi connectivity index (χ4n) is 1.90. The highest BCUT2D eigenvalue weighted by atomic mass is 16.5. The molecule has 0 saturated carbocycles. The molecule has 0 aliphatic rings. The van der Waals surface area contributed by atoms with E-state index < -0.39 is 0 Å². The van der Waals surface area contributed by atoms with Crippen LogP contribution in [0.25, 0.3) is 0 Å². The summed E-state index contributed by atoms with van der Waals surface area (Å²) in [6.07, 6.45) is 0. The lowest BCUT2D eigenvalue weighted by atomic mass is 10.2. The van der Waals surface area contributed by atoms with Crippen molar-refractivity contribution in [3.63, 3.8) is 0 Å². The third-order valence-electron chi connectivity index (χ3n) is 2.86. The molecule has 0 spiro atoms. The van der Waals surface area contributed by atoms with Gasteiger partial charge in [-0.15, -0.1) is 0 Å². The lowest BCUT2D eigenvalue weighted by Crippen LogP contribution is -2.02. The number of aliphatic hydroxyl groups is 1. The van der Waals surface area contributed by atoms with Gasteiger partial charge in [0.15, 0.2) is 0 Å². The van der Waals surface area contributed by atoms with Gasteiger partial charge in [0.1, 0.15) is 18.1 Å². The van der Waals surface area contributed by atoms with E-state index in [4.69, 9.17) is 20.3 Å². The Balaban J connectivity index is 2.11. The molecule has 0 fully saturated rings. The molecule has 0 aliphatic heterocycles. The van der Waals surface area contributed by atoms with Gasteiger partial charge in [-0.3, -0.25) is 0 Å². The number of benzene rings is 2. The van der Waals surface area contributed by atoms with Gasteiger partial charge in [0.2, 0.25) is 0 Å². The molecule has 2 aromatic rings. The molecular formula is C16H19NO3. The van der Waals surface area contributed by atoms with E-state index in [0.29, 0.717) is 24.7 Å². The van der Waals surface area contributed by atoms with Gasteiger partial charge in [-0.25, -0.2) is 0 Å². The van der Waals surface area contributed by atoms with Crippen LogP contribution >= 0.6 is 0 Å². The predicted octanol–water partition coefficient (Wildman–Crippen LogP) is 2.74. The van der Waals surface area contributed by atoms with Crippen molar-refractivity contribution in [3.8, 4) is 11.5 Å². The van der Waals surface area contributed by atoms with Crippen molar-refractivity contribution >= 4 is 5.69 Å². The molecule has 0 aromatic heterocycles. The van der Waals surface area contributed by atoms with Gasteiger partial charge >= 0.3 is 0 Å². The van der Waals surface area contributed by atoms with Crippen molar-refractivity contribution in [2.75, 3.05) is 12.3 Å². The van der Waals surface area contributed by atoms with Gasteiger partial charge in [0.05, 0.1) is 13.2 Å². The summed E-state index contributed by atoms with van der Waals surface area (Å²) in [5.74, 6) is 1.49. The number of anilines is 1. The number of hydrogen-bond acceptors (Lipinski definition) is 4. The Morgan fingerprint density at radius 3 is 2.70 bits per heavy atom. The first-order chi connectivity index (χ1) is 9.72. The molecule has 106 valence electrons. The van der Waals surface area contributed by atoms with E-state index in [1.807, 2.05) is 43.3 Å². The minimum Gasteiger partial charge on any atom is -0.493 e. The topological polar surface area (TPSA) is 64.7 Å². The van der Waals surface area contributed by atoms with Crippen molar-refractivity contribution in [2.24, 2.45) is 0 Å². The van der Waals surface area contributed by atoms with Crippen molar-refractivity contribution in [3.05, 3.63) is 53.6 Å². The minimum atomic E-state index is -0.000317. The maximum absolute atomic E-state index is 9.11. The zero-order chi connectivity index (χ0) is 14.4. The lowest BCUT2D eigenvalue weighted by molar-refractivity contribution is 0.275. The molecule has 0 saturated heterocycles. The molecule has 0 unspecified atom stereocenters. The molecule has 0 amide bonds. The number of rotatable bonds is 6. The summed E-state index contributed by atoms with van der Waals surface area (Å²) in [6.45, 7) is 2.90. The number of ether oxygens (including phenoxy) is 2. The molecule has 3 N–H and O–H groups in total. The molecule has 4 nitrogen and oxygen atoms in total. The van der Waals surface area contributed by atoms with Gasteiger partial charge < -0.3 is 20.3 Å². The molecule has 0 bridgehead atoms. The monoisotopic (exact) mass is 273 g/mol. The average Bonchev–Trinajstić information content (AvgIpc) is 2.48. The van der Waals surface area contributed by atoms with Crippen LogP contribution in [-0.4, -0.2) is 11.7 Å². The quantitative estimate of drug-likeness (QED) is 0.794. The van der Waals surface area contributed by atoms with E-state index in [9.17, 15) is 0 Å². The Hall–Kier alpha value is -2.20. The molecule has 2 rings (SSSR count). The summed E-state index contributed by atoms with van der Waals surface area (Å²) < 4.78 is 11.3. The highest BCUT2D eigenvalue weighted by Crippen LogP contribution is 2.24. The van der Waals surface area contributed by atoms with E-state index in [2.05, 4.69) is 0 Å². The number of nitrogen functional groups attached to an aromatic ring is 1. The van der Waals surface area contributed by atoms with Gasteiger partial charge in [-0.2, -0.15) is 0 Å². The minimum absolute atomic E-state index is 0.000317. The maximum atomic E-state index is 9.11. The van der Waals surface area contributed by atoms with Crippen molar-refractivity contribution < 1.29 is 14.6 Å². The van der Waals surface area contributed by atoms with Crippen LogP contribution in [0.15, 0.2) is 42.5 Å². The Labute approximate surface area is 118 Å². The number of nitrogens with two attached hydrogens (primary N) is 1. The van der Waals surface area contributed by atoms with E-state index in [0.717, 1.165) is 16.9 Å². The number of aliphatic hydroxyl groups excluding tert-OH is 1. The van der Waals surface area contributed by atoms with Crippen LogP contribution < -0.4 is 15.2 Å². The van der Waals surface area contributed by atoms with E-state index in [-0.39, 0.29) is 6.61 Å². The molecular weight excluding hydrogens is 254 g/mol. The van der Waals surface area contributed by atoms with Gasteiger partial charge in [0.25, 0.3) is 0 Å². The Bertz CT molecular complexity index is 569. The summed E-state index contributed by atoms with van der Waals surface area (Å²) in [5.41, 5.74) is 8.19. The van der Waals surface area contributed by atoms with Crippen LogP contribution in [0.3, 0.4) is 0 Å². The predicted molar refractivity (Wildman–Crippen MR) is 78.7 cm³/mol. The Kier molecular flexibility index (Phi) is 4.85. The SMILES string of the molecule is CCOc1ccc(N)cc1COc1cccc(CO)c1. The second-order valence-electron chi connectivity index (χ2n) is 4.39. The maximum Gasteiger partial charge on any atom is 0.126 e. The number of hydrogen-bond donors (Lipinski definition) is 2. The smallest absolute Gasteiger partial charge is 0.126 e. The molecule has 0 radical (unpaired) electrons. The van der Waals surface area contributed by atoms with E-state index in [1.54, 1.807) is 6.07 Å². The van der Waals surface area contributed by atoms with Crippen LogP contribution in [0, 0.1) is 0 Å². The Morgan fingerprint density at radius 1 is 1.10 bits per heavy atom. The fraction of sp³-hybridized carbons (Fsp3) is 0.250. The zero-order valence-corrected chi connectivity index (χ0v) is 11.5. The van der Waals surface area contributed by atoms with Crippen molar-refractivity contribution in [1.29, 1.82) is 0 Å². The van der Waals surface area contributed by atoms with Crippen LogP contribution in [0.5, 0.6) is 11.5 Å². The Morgan fingerprint density at radius 2 is 1.95 bits per heavy atom. The normalized spacial score (nSPS) is 10.3. The van der Waals surface area contributed by atoms with Crippen molar-refractivity contribution in [2.45, 2.75) is 20.1 Å². The third kappa shape index (κ3) is 3.65. The first-order valence-corrected chi connectivity index (χ1v) is 6.56. The zero-order valence-electron chi connectivity index (χ0n) is 11.5. The van der Waals surface area contributed by atoms with E-state index >= 15 is 0 Å². The second-order valence-corrected chi connectivity index (χ2v) is 4.39. The molecule has 20 heavy (non-hydrogen) atoms. The molecule has 0 atom stereocenters. The summed E-state index contributed by atoms with van der Waals surface area (Å²) in [5, 5.41) is 9.11. The standard InChI is InChI=1S/C16H19NO3/c1-2-19-16-7-6-14(17)9-13(16)11-20-15-5-3-4-12(8-15)10-18/h3-9,18H,2,10-11,17H2,1H3. The second kappa shape index (κ2) is 6.82. The molecule has 2 aromatic carbocycles. The summed E-state index contributed by atoms with van der Waals surface area (Å²) in [6, 6.07) is 12.9. The molecule has 4 heteroatoms. The summed E-state index contributed by atoms with van der Waals surface area (Å²) in [7, 11) is 0. The third-order valence-corrected chi connectivity index (χ3v) is 2.86. The summed E-state index contributed by atoms with van der Waals surface area (Å²) >= 11 is 0. The van der Waals surface area contributed by atoms with Crippen LogP contribution in [0.1, 0.15) is 18.1 Å². The highest BCUT2D eigenvalue weighted by molar-refractivity contribution is 5.47. The largest absolute Gasteiger partial charge is 0.493 e. The van der Waals surface area contributed by atoms with E-state index in [1.165, 1.54) is 0 Å². The highest BCUT2D eigenvalue weighted by Gasteiger charge is 2.05. The average molecular weight is 273 g/mol. The lowest BCUT2D eigenvalue weighted by Gasteiger charge is -2.12. The van der Waals surface area contributed by atoms with Gasteiger partial charge in [-0.05, 0) is 42.8 Å². The van der Waals surface area contributed by atoms with Crippen molar-refractivity contribution in [1.82, 2.24) is 0 Å². The first-order valence-electron chi connectivity index (χ1n) is 6.56. The van der Waals surface area contributed by atoms with Gasteiger partial charge in [0, 0.05) is 11.3 Å².